The summed E-state index contributed by atoms with van der Waals surface area (Å²) < 4.78 is 67.9. The van der Waals surface area contributed by atoms with E-state index in [-0.39, 0.29) is 25.7 Å². The second-order valence-corrected chi connectivity index (χ2v) is 27.0. The predicted octanol–water partition coefficient (Wildman–Crippen LogP) is 16.6. The molecule has 0 aromatic carbocycles. The Bertz CT molecular complexity index is 1630. The second-order valence-electron chi connectivity index (χ2n) is 24.1. The Hall–Kier alpha value is -1.94. The number of aliphatic hydroxyl groups excluding tert-OH is 1. The summed E-state index contributed by atoms with van der Waals surface area (Å²) >= 11 is 0. The fraction of sp³-hybridized carbons (Fsp3) is 0.935. The maximum absolute atomic E-state index is 12.9. The molecule has 0 aromatic rings. The topological polar surface area (TPSA) is 237 Å². The molecule has 17 nitrogen and oxygen atoms in total. The molecule has 0 saturated carbocycles. The maximum Gasteiger partial charge on any atom is 0.472 e. The fourth-order valence-electron chi connectivity index (χ4n) is 9.04. The van der Waals surface area contributed by atoms with Crippen LogP contribution in [0.2, 0.25) is 0 Å². The van der Waals surface area contributed by atoms with E-state index >= 15 is 0 Å². The van der Waals surface area contributed by atoms with Crippen LogP contribution in [-0.4, -0.2) is 96.7 Å². The first-order valence-electron chi connectivity index (χ1n) is 32.2. The lowest BCUT2D eigenvalue weighted by Gasteiger charge is -2.21. The highest BCUT2D eigenvalue weighted by atomic mass is 31.2. The average Bonchev–Trinajstić information content (AvgIpc) is 3.41. The number of phosphoric acid groups is 2. The molecule has 3 N–H and O–H groups in total. The van der Waals surface area contributed by atoms with Gasteiger partial charge < -0.3 is 33.8 Å². The number of hydrogen-bond donors (Lipinski definition) is 3. The third kappa shape index (κ3) is 55.7. The second kappa shape index (κ2) is 52.4. The third-order valence-corrected chi connectivity index (χ3v) is 16.3. The van der Waals surface area contributed by atoms with Crippen LogP contribution >= 0.6 is 15.6 Å². The number of carbonyl (C=O) groups excluding carboxylic acids is 4. The van der Waals surface area contributed by atoms with Crippen molar-refractivity contribution in [3.8, 4) is 0 Å². The lowest BCUT2D eigenvalue weighted by Crippen LogP contribution is -2.30. The largest absolute Gasteiger partial charge is 0.472 e. The van der Waals surface area contributed by atoms with Gasteiger partial charge in [0.05, 0.1) is 26.4 Å². The number of hydrogen-bond acceptors (Lipinski definition) is 15. The van der Waals surface area contributed by atoms with E-state index in [4.69, 9.17) is 37.0 Å². The molecule has 0 aromatic heterocycles. The van der Waals surface area contributed by atoms with Gasteiger partial charge in [0, 0.05) is 25.7 Å². The summed E-state index contributed by atoms with van der Waals surface area (Å²) in [4.78, 5) is 72.1. The van der Waals surface area contributed by atoms with E-state index < -0.39 is 97.5 Å². The van der Waals surface area contributed by atoms with Gasteiger partial charge in [-0.25, -0.2) is 9.13 Å². The van der Waals surface area contributed by atoms with E-state index in [1.54, 1.807) is 0 Å². The van der Waals surface area contributed by atoms with Crippen molar-refractivity contribution < 1.29 is 80.2 Å². The number of carbonyl (C=O) groups is 4. The molecule has 6 atom stereocenters. The van der Waals surface area contributed by atoms with Crippen LogP contribution in [0.4, 0.5) is 0 Å². The summed E-state index contributed by atoms with van der Waals surface area (Å²) in [6, 6.07) is 0. The van der Waals surface area contributed by atoms with Gasteiger partial charge in [-0.05, 0) is 49.4 Å². The van der Waals surface area contributed by atoms with Crippen molar-refractivity contribution in [2.75, 3.05) is 39.6 Å². The van der Waals surface area contributed by atoms with Gasteiger partial charge in [-0.2, -0.15) is 0 Å². The summed E-state index contributed by atoms with van der Waals surface area (Å²) in [6.45, 7) is 13.9. The van der Waals surface area contributed by atoms with Gasteiger partial charge in [0.25, 0.3) is 0 Å². The number of rotatable bonds is 59. The van der Waals surface area contributed by atoms with Crippen LogP contribution in [0, 0.1) is 23.7 Å². The van der Waals surface area contributed by atoms with E-state index in [9.17, 15) is 43.2 Å². The highest BCUT2D eigenvalue weighted by Gasteiger charge is 2.30. The molecule has 0 aliphatic carbocycles. The van der Waals surface area contributed by atoms with Crippen molar-refractivity contribution in [3.05, 3.63) is 0 Å². The lowest BCUT2D eigenvalue weighted by molar-refractivity contribution is -0.161. The van der Waals surface area contributed by atoms with Gasteiger partial charge in [-0.15, -0.1) is 0 Å². The molecule has 3 unspecified atom stereocenters. The molecule has 0 saturated heterocycles. The van der Waals surface area contributed by atoms with Crippen molar-refractivity contribution in [2.24, 2.45) is 23.7 Å². The standard InChI is InChI=1S/C62H120O17P2/c1-9-55(8)41-33-25-20-21-27-35-43-60(65)73-49-58(78-61(66)44-36-28-17-11-10-14-22-30-38-52(2)3)51-77-81(70,71)75-47-56(63)46-74-80(68,69)76-50-57(79-62(67)45-37-29-19-13-16-24-32-40-54(6)7)48-72-59(64)42-34-26-18-12-15-23-31-39-53(4)5/h52-58,63H,9-51H2,1-8H3,(H,68,69)(H,70,71)/t55?,56-,57-,58-/m1/s1. The Morgan fingerprint density at radius 3 is 0.877 bits per heavy atom. The average molecular weight is 1200 g/mol. The van der Waals surface area contributed by atoms with Gasteiger partial charge in [-0.1, -0.05) is 242 Å². The molecule has 480 valence electrons. The molecule has 0 rings (SSSR count). The van der Waals surface area contributed by atoms with Gasteiger partial charge in [0.1, 0.15) is 19.3 Å². The molecule has 81 heavy (non-hydrogen) atoms. The minimum atomic E-state index is -4.94. The molecule has 0 aliphatic heterocycles. The summed E-state index contributed by atoms with van der Waals surface area (Å²) in [5, 5.41) is 10.5. The zero-order chi connectivity index (χ0) is 60.4. The number of unbranched alkanes of at least 4 members (excludes halogenated alkanes) is 24. The first-order valence-corrected chi connectivity index (χ1v) is 35.2. The monoisotopic (exact) mass is 1200 g/mol. The first kappa shape index (κ1) is 79.1. The molecule has 0 bridgehead atoms. The molecular formula is C62H120O17P2. The minimum Gasteiger partial charge on any atom is -0.462 e. The zero-order valence-electron chi connectivity index (χ0n) is 52.4. The van der Waals surface area contributed by atoms with Gasteiger partial charge >= 0.3 is 39.5 Å². The van der Waals surface area contributed by atoms with Crippen molar-refractivity contribution in [1.82, 2.24) is 0 Å². The Kier molecular flexibility index (Phi) is 51.1. The Labute approximate surface area is 492 Å². The van der Waals surface area contributed by atoms with Crippen LogP contribution in [0.25, 0.3) is 0 Å². The van der Waals surface area contributed by atoms with Crippen LogP contribution in [0.15, 0.2) is 0 Å². The van der Waals surface area contributed by atoms with Crippen LogP contribution in [0.5, 0.6) is 0 Å². The summed E-state index contributed by atoms with van der Waals surface area (Å²) in [5.41, 5.74) is 0. The lowest BCUT2D eigenvalue weighted by atomic mass is 10.00. The van der Waals surface area contributed by atoms with Crippen LogP contribution in [0.1, 0.15) is 293 Å². The third-order valence-electron chi connectivity index (χ3n) is 14.4. The summed E-state index contributed by atoms with van der Waals surface area (Å²) in [6.07, 6.45) is 31.0. The molecular weight excluding hydrogens is 1080 g/mol. The summed E-state index contributed by atoms with van der Waals surface area (Å²) in [7, 11) is -9.88. The van der Waals surface area contributed by atoms with E-state index in [1.165, 1.54) is 83.5 Å². The van der Waals surface area contributed by atoms with Crippen molar-refractivity contribution in [3.63, 3.8) is 0 Å². The molecule has 0 heterocycles. The van der Waals surface area contributed by atoms with E-state index in [0.29, 0.717) is 37.5 Å². The summed E-state index contributed by atoms with van der Waals surface area (Å²) in [5.74, 6) is 0.704. The molecule has 0 spiro atoms. The number of phosphoric ester groups is 2. The van der Waals surface area contributed by atoms with Gasteiger partial charge in [-0.3, -0.25) is 37.3 Å². The molecule has 0 amide bonds. The van der Waals surface area contributed by atoms with E-state index in [0.717, 1.165) is 115 Å². The Morgan fingerprint density at radius 2 is 0.593 bits per heavy atom. The molecule has 0 radical (unpaired) electrons. The van der Waals surface area contributed by atoms with Gasteiger partial charge in [0.15, 0.2) is 12.2 Å². The quantitative estimate of drug-likeness (QED) is 0.0222. The smallest absolute Gasteiger partial charge is 0.462 e. The van der Waals surface area contributed by atoms with E-state index in [2.05, 4.69) is 55.4 Å². The number of esters is 4. The molecule has 19 heteroatoms. The van der Waals surface area contributed by atoms with Gasteiger partial charge in [0.2, 0.25) is 0 Å². The first-order chi connectivity index (χ1) is 38.6. The maximum atomic E-state index is 12.9. The zero-order valence-corrected chi connectivity index (χ0v) is 54.2. The Balaban J connectivity index is 5.26. The highest BCUT2D eigenvalue weighted by Crippen LogP contribution is 2.45. The molecule has 0 fully saturated rings. The highest BCUT2D eigenvalue weighted by molar-refractivity contribution is 7.47. The normalized spacial score (nSPS) is 14.8. The Morgan fingerprint density at radius 1 is 0.346 bits per heavy atom. The van der Waals surface area contributed by atoms with Crippen LogP contribution in [0.3, 0.4) is 0 Å². The SMILES string of the molecule is CCC(C)CCCCCCCCC(=O)OC[C@H](COP(=O)(O)OC[C@H](O)COP(=O)(O)OC[C@@H](COC(=O)CCCCCCCCCC(C)C)OC(=O)CCCCCCCCCC(C)C)OC(=O)CCCCCCCCCCC(C)C. The van der Waals surface area contributed by atoms with E-state index in [1.807, 2.05) is 0 Å². The van der Waals surface area contributed by atoms with Crippen molar-refractivity contribution in [1.29, 1.82) is 0 Å². The van der Waals surface area contributed by atoms with Crippen molar-refractivity contribution >= 4 is 39.5 Å². The number of ether oxygens (including phenoxy) is 4. The predicted molar refractivity (Wildman–Crippen MR) is 321 cm³/mol. The fourth-order valence-corrected chi connectivity index (χ4v) is 10.6. The van der Waals surface area contributed by atoms with Crippen LogP contribution < -0.4 is 0 Å². The minimum absolute atomic E-state index is 0.102. The van der Waals surface area contributed by atoms with Crippen LogP contribution in [-0.2, 0) is 65.4 Å². The van der Waals surface area contributed by atoms with Crippen molar-refractivity contribution in [2.45, 2.75) is 311 Å². The molecule has 0 aliphatic rings. The number of aliphatic hydroxyl groups is 1.